The average Bonchev–Trinajstić information content (AvgIpc) is 2.74. The molecular formula is C23H24N2O4S. The zero-order valence-electron chi connectivity index (χ0n) is 16.9. The van der Waals surface area contributed by atoms with Crippen molar-refractivity contribution in [1.29, 1.82) is 0 Å². The van der Waals surface area contributed by atoms with Crippen molar-refractivity contribution in [2.24, 2.45) is 0 Å². The average molecular weight is 425 g/mol. The van der Waals surface area contributed by atoms with Crippen molar-refractivity contribution in [2.45, 2.75) is 18.7 Å². The number of anilines is 2. The summed E-state index contributed by atoms with van der Waals surface area (Å²) in [4.78, 5) is 12.8. The van der Waals surface area contributed by atoms with Gasteiger partial charge in [-0.2, -0.15) is 0 Å². The molecule has 0 spiro atoms. The number of nitrogens with one attached hydrogen (secondary N) is 1. The molecule has 30 heavy (non-hydrogen) atoms. The molecule has 3 aromatic rings. The Morgan fingerprint density at radius 2 is 1.67 bits per heavy atom. The Hall–Kier alpha value is -3.32. The number of amides is 1. The van der Waals surface area contributed by atoms with E-state index in [0.29, 0.717) is 23.7 Å². The van der Waals surface area contributed by atoms with Crippen molar-refractivity contribution in [3.8, 4) is 5.75 Å². The molecule has 0 aromatic heterocycles. The third-order valence-electron chi connectivity index (χ3n) is 4.36. The lowest BCUT2D eigenvalue weighted by atomic mass is 10.2. The van der Waals surface area contributed by atoms with Gasteiger partial charge in [-0.15, -0.1) is 0 Å². The normalized spacial score (nSPS) is 11.0. The van der Waals surface area contributed by atoms with Crippen LogP contribution in [0.2, 0.25) is 0 Å². The van der Waals surface area contributed by atoms with E-state index in [2.05, 4.69) is 5.32 Å². The van der Waals surface area contributed by atoms with Gasteiger partial charge in [0.2, 0.25) is 5.91 Å². The lowest BCUT2D eigenvalue weighted by Crippen LogP contribution is -2.38. The molecule has 0 aliphatic heterocycles. The second-order valence-corrected chi connectivity index (χ2v) is 8.53. The maximum Gasteiger partial charge on any atom is 0.264 e. The molecule has 0 aliphatic rings. The van der Waals surface area contributed by atoms with Gasteiger partial charge in [0.25, 0.3) is 10.0 Å². The molecule has 0 aliphatic carbocycles. The molecule has 7 heteroatoms. The van der Waals surface area contributed by atoms with E-state index in [1.807, 2.05) is 19.9 Å². The number of carbonyl (C=O) groups excluding carboxylic acids is 1. The van der Waals surface area contributed by atoms with Crippen molar-refractivity contribution in [3.63, 3.8) is 0 Å². The minimum absolute atomic E-state index is 0.125. The summed E-state index contributed by atoms with van der Waals surface area (Å²) in [7, 11) is -3.92. The van der Waals surface area contributed by atoms with Gasteiger partial charge in [0.15, 0.2) is 0 Å². The van der Waals surface area contributed by atoms with E-state index >= 15 is 0 Å². The van der Waals surface area contributed by atoms with Gasteiger partial charge in [-0.25, -0.2) is 8.42 Å². The number of sulfonamides is 1. The number of rotatable bonds is 8. The molecule has 0 unspecified atom stereocenters. The maximum absolute atomic E-state index is 13.3. The predicted molar refractivity (Wildman–Crippen MR) is 118 cm³/mol. The highest BCUT2D eigenvalue weighted by molar-refractivity contribution is 7.92. The largest absolute Gasteiger partial charge is 0.494 e. The van der Waals surface area contributed by atoms with Gasteiger partial charge in [-0.05, 0) is 67.9 Å². The number of ether oxygens (including phenoxy) is 1. The molecule has 0 heterocycles. The van der Waals surface area contributed by atoms with Crippen LogP contribution in [0, 0.1) is 6.92 Å². The molecule has 1 N–H and O–H groups in total. The van der Waals surface area contributed by atoms with Crippen molar-refractivity contribution in [1.82, 2.24) is 0 Å². The number of hydrogen-bond donors (Lipinski definition) is 1. The second-order valence-electron chi connectivity index (χ2n) is 6.67. The summed E-state index contributed by atoms with van der Waals surface area (Å²) in [5, 5.41) is 2.75. The van der Waals surface area contributed by atoms with Gasteiger partial charge in [-0.1, -0.05) is 30.3 Å². The Morgan fingerprint density at radius 3 is 2.30 bits per heavy atom. The topological polar surface area (TPSA) is 75.7 Å². The summed E-state index contributed by atoms with van der Waals surface area (Å²) < 4.78 is 33.1. The summed E-state index contributed by atoms with van der Waals surface area (Å²) in [6, 6.07) is 22.1. The number of carbonyl (C=O) groups is 1. The quantitative estimate of drug-likeness (QED) is 0.587. The highest BCUT2D eigenvalue weighted by Gasteiger charge is 2.27. The van der Waals surface area contributed by atoms with Gasteiger partial charge >= 0.3 is 0 Å². The standard InChI is InChI=1S/C23H24N2O4S/c1-3-29-21-14-12-19(13-15-21)24-23(26)17-25(20-9-7-8-18(2)16-20)30(27,28)22-10-5-4-6-11-22/h4-16H,3,17H2,1-2H3,(H,24,26). The Morgan fingerprint density at radius 1 is 0.967 bits per heavy atom. The molecule has 0 saturated heterocycles. The summed E-state index contributed by atoms with van der Waals surface area (Å²) in [6.45, 7) is 3.96. The van der Waals surface area contributed by atoms with Crippen molar-refractivity contribution in [3.05, 3.63) is 84.4 Å². The Balaban J connectivity index is 1.86. The lowest BCUT2D eigenvalue weighted by Gasteiger charge is -2.24. The highest BCUT2D eigenvalue weighted by atomic mass is 32.2. The van der Waals surface area contributed by atoms with E-state index < -0.39 is 15.9 Å². The fraction of sp³-hybridized carbons (Fsp3) is 0.174. The SMILES string of the molecule is CCOc1ccc(NC(=O)CN(c2cccc(C)c2)S(=O)(=O)c2ccccc2)cc1. The maximum atomic E-state index is 13.3. The van der Waals surface area contributed by atoms with Crippen LogP contribution in [0.3, 0.4) is 0 Å². The number of benzene rings is 3. The molecule has 6 nitrogen and oxygen atoms in total. The minimum atomic E-state index is -3.92. The summed E-state index contributed by atoms with van der Waals surface area (Å²) in [5.74, 6) is 0.253. The Kier molecular flexibility index (Phi) is 6.74. The van der Waals surface area contributed by atoms with E-state index in [-0.39, 0.29) is 11.4 Å². The molecule has 0 atom stereocenters. The van der Waals surface area contributed by atoms with E-state index in [1.165, 1.54) is 12.1 Å². The monoisotopic (exact) mass is 424 g/mol. The van der Waals surface area contributed by atoms with E-state index in [0.717, 1.165) is 9.87 Å². The molecule has 156 valence electrons. The number of hydrogen-bond acceptors (Lipinski definition) is 4. The van der Waals surface area contributed by atoms with Gasteiger partial charge in [0, 0.05) is 5.69 Å². The summed E-state index contributed by atoms with van der Waals surface area (Å²) in [6.07, 6.45) is 0. The third kappa shape index (κ3) is 5.18. The highest BCUT2D eigenvalue weighted by Crippen LogP contribution is 2.24. The predicted octanol–water partition coefficient (Wildman–Crippen LogP) is 4.23. The second kappa shape index (κ2) is 9.45. The molecular weight excluding hydrogens is 400 g/mol. The third-order valence-corrected chi connectivity index (χ3v) is 6.15. The first-order valence-corrected chi connectivity index (χ1v) is 11.0. The van der Waals surface area contributed by atoms with E-state index in [4.69, 9.17) is 4.74 Å². The van der Waals surface area contributed by atoms with Gasteiger partial charge in [-0.3, -0.25) is 9.10 Å². The van der Waals surface area contributed by atoms with Gasteiger partial charge in [0.05, 0.1) is 17.2 Å². The van der Waals surface area contributed by atoms with Crippen LogP contribution in [0.4, 0.5) is 11.4 Å². The molecule has 3 rings (SSSR count). The number of aryl methyl sites for hydroxylation is 1. The van der Waals surface area contributed by atoms with Crippen LogP contribution < -0.4 is 14.4 Å². The first kappa shape index (κ1) is 21.4. The fourth-order valence-electron chi connectivity index (χ4n) is 2.95. The van der Waals surface area contributed by atoms with Crippen LogP contribution in [0.5, 0.6) is 5.75 Å². The van der Waals surface area contributed by atoms with Crippen LogP contribution in [0.25, 0.3) is 0 Å². The number of nitrogens with zero attached hydrogens (tertiary/aromatic N) is 1. The van der Waals surface area contributed by atoms with Crippen LogP contribution in [0.1, 0.15) is 12.5 Å². The van der Waals surface area contributed by atoms with E-state index in [1.54, 1.807) is 60.7 Å². The fourth-order valence-corrected chi connectivity index (χ4v) is 4.38. The van der Waals surface area contributed by atoms with Crippen molar-refractivity contribution in [2.75, 3.05) is 22.8 Å². The lowest BCUT2D eigenvalue weighted by molar-refractivity contribution is -0.114. The minimum Gasteiger partial charge on any atom is -0.494 e. The zero-order valence-corrected chi connectivity index (χ0v) is 17.7. The van der Waals surface area contributed by atoms with Crippen LogP contribution in [-0.2, 0) is 14.8 Å². The molecule has 0 bridgehead atoms. The van der Waals surface area contributed by atoms with Crippen molar-refractivity contribution < 1.29 is 17.9 Å². The van der Waals surface area contributed by atoms with Crippen LogP contribution in [0.15, 0.2) is 83.8 Å². The van der Waals surface area contributed by atoms with Gasteiger partial charge < -0.3 is 10.1 Å². The summed E-state index contributed by atoms with van der Waals surface area (Å²) in [5.41, 5.74) is 1.89. The van der Waals surface area contributed by atoms with Crippen LogP contribution in [-0.4, -0.2) is 27.5 Å². The van der Waals surface area contributed by atoms with Crippen LogP contribution >= 0.6 is 0 Å². The Bertz CT molecular complexity index is 1100. The molecule has 0 radical (unpaired) electrons. The molecule has 0 saturated carbocycles. The van der Waals surface area contributed by atoms with Crippen molar-refractivity contribution >= 4 is 27.3 Å². The zero-order chi connectivity index (χ0) is 21.6. The first-order chi connectivity index (χ1) is 14.4. The molecule has 3 aromatic carbocycles. The first-order valence-electron chi connectivity index (χ1n) is 9.57. The molecule has 1 amide bonds. The van der Waals surface area contributed by atoms with E-state index in [9.17, 15) is 13.2 Å². The van der Waals surface area contributed by atoms with Gasteiger partial charge in [0.1, 0.15) is 12.3 Å². The Labute approximate surface area is 177 Å². The smallest absolute Gasteiger partial charge is 0.264 e. The molecule has 0 fully saturated rings. The summed E-state index contributed by atoms with van der Waals surface area (Å²) >= 11 is 0.